The maximum atomic E-state index is 12.0. The van der Waals surface area contributed by atoms with E-state index in [0.717, 1.165) is 44.9 Å². The molecule has 3 rings (SSSR count). The van der Waals surface area contributed by atoms with Crippen molar-refractivity contribution in [2.24, 2.45) is 0 Å². The van der Waals surface area contributed by atoms with Gasteiger partial charge >= 0.3 is 6.09 Å². The number of benzene rings is 2. The molecule has 0 spiro atoms. The van der Waals surface area contributed by atoms with Crippen molar-refractivity contribution in [2.45, 2.75) is 6.42 Å². The third kappa shape index (κ3) is 6.02. The van der Waals surface area contributed by atoms with E-state index < -0.39 is 6.09 Å². The van der Waals surface area contributed by atoms with Gasteiger partial charge in [-0.3, -0.25) is 10.2 Å². The van der Waals surface area contributed by atoms with E-state index in [-0.39, 0.29) is 0 Å². The molecule has 1 saturated heterocycles. The van der Waals surface area contributed by atoms with Crippen LogP contribution >= 0.6 is 0 Å². The standard InChI is InChI=1S/C22H29N3O4/c1-27-19-10-8-18(9-11-19)25-15-13-24(14-16-25)12-5-17-29-22(26)23-20-6-3-4-7-21(20)28-2/h3-4,6-11H,5,12-17H2,1-2H3,(H,23,26). The second-order valence-electron chi connectivity index (χ2n) is 6.84. The predicted octanol–water partition coefficient (Wildman–Crippen LogP) is 3.46. The molecule has 0 unspecified atom stereocenters. The van der Waals surface area contributed by atoms with E-state index in [1.165, 1.54) is 5.69 Å². The van der Waals surface area contributed by atoms with Gasteiger partial charge in [0, 0.05) is 38.4 Å². The van der Waals surface area contributed by atoms with Crippen LogP contribution < -0.4 is 19.7 Å². The van der Waals surface area contributed by atoms with Gasteiger partial charge in [-0.2, -0.15) is 0 Å². The fourth-order valence-electron chi connectivity index (χ4n) is 3.37. The lowest BCUT2D eigenvalue weighted by Crippen LogP contribution is -2.46. The lowest BCUT2D eigenvalue weighted by atomic mass is 10.2. The van der Waals surface area contributed by atoms with Crippen molar-refractivity contribution in [3.63, 3.8) is 0 Å². The molecule has 0 atom stereocenters. The Balaban J connectivity index is 1.33. The summed E-state index contributed by atoms with van der Waals surface area (Å²) in [6, 6.07) is 15.5. The number of rotatable bonds is 8. The van der Waals surface area contributed by atoms with E-state index in [4.69, 9.17) is 14.2 Å². The smallest absolute Gasteiger partial charge is 0.411 e. The van der Waals surface area contributed by atoms with E-state index in [2.05, 4.69) is 27.2 Å². The topological polar surface area (TPSA) is 63.3 Å². The van der Waals surface area contributed by atoms with Gasteiger partial charge in [-0.1, -0.05) is 12.1 Å². The van der Waals surface area contributed by atoms with Crippen LogP contribution in [0.15, 0.2) is 48.5 Å². The zero-order chi connectivity index (χ0) is 20.5. The molecule has 1 heterocycles. The number of nitrogens with zero attached hydrogens (tertiary/aromatic N) is 2. The van der Waals surface area contributed by atoms with Gasteiger partial charge in [0.2, 0.25) is 0 Å². The highest BCUT2D eigenvalue weighted by molar-refractivity contribution is 5.86. The van der Waals surface area contributed by atoms with E-state index in [0.29, 0.717) is 18.0 Å². The van der Waals surface area contributed by atoms with Crippen LogP contribution in [0.1, 0.15) is 6.42 Å². The third-order valence-corrected chi connectivity index (χ3v) is 5.01. The summed E-state index contributed by atoms with van der Waals surface area (Å²) < 4.78 is 15.7. The maximum absolute atomic E-state index is 12.0. The van der Waals surface area contributed by atoms with E-state index in [1.807, 2.05) is 24.3 Å². The van der Waals surface area contributed by atoms with Gasteiger partial charge in [0.1, 0.15) is 11.5 Å². The molecule has 1 aliphatic rings. The number of para-hydroxylation sites is 2. The van der Waals surface area contributed by atoms with Gasteiger partial charge in [-0.05, 0) is 42.8 Å². The molecule has 0 radical (unpaired) electrons. The Hall–Kier alpha value is -2.93. The highest BCUT2D eigenvalue weighted by Crippen LogP contribution is 2.23. The monoisotopic (exact) mass is 399 g/mol. The Labute approximate surface area is 172 Å². The minimum atomic E-state index is -0.459. The molecule has 0 aliphatic carbocycles. The number of carbonyl (C=O) groups is 1. The molecule has 156 valence electrons. The van der Waals surface area contributed by atoms with Crippen molar-refractivity contribution in [3.8, 4) is 11.5 Å². The van der Waals surface area contributed by atoms with Crippen molar-refractivity contribution in [2.75, 3.05) is 63.8 Å². The largest absolute Gasteiger partial charge is 0.497 e. The zero-order valence-corrected chi connectivity index (χ0v) is 17.1. The highest BCUT2D eigenvalue weighted by atomic mass is 16.5. The minimum Gasteiger partial charge on any atom is -0.497 e. The van der Waals surface area contributed by atoms with E-state index in [9.17, 15) is 4.79 Å². The van der Waals surface area contributed by atoms with Crippen molar-refractivity contribution in [1.82, 2.24) is 4.90 Å². The Morgan fingerprint density at radius 1 is 0.966 bits per heavy atom. The number of methoxy groups -OCH3 is 2. The molecule has 0 aromatic heterocycles. The first-order chi connectivity index (χ1) is 14.2. The summed E-state index contributed by atoms with van der Waals surface area (Å²) in [6.45, 7) is 5.28. The molecule has 1 aliphatic heterocycles. The second kappa shape index (κ2) is 10.6. The summed E-state index contributed by atoms with van der Waals surface area (Å²) in [6.07, 6.45) is 0.348. The molecule has 1 fully saturated rings. The van der Waals surface area contributed by atoms with Crippen LogP contribution in [0.4, 0.5) is 16.2 Å². The second-order valence-corrected chi connectivity index (χ2v) is 6.84. The third-order valence-electron chi connectivity index (χ3n) is 5.01. The average molecular weight is 399 g/mol. The first kappa shape index (κ1) is 20.8. The number of piperazine rings is 1. The molecular weight excluding hydrogens is 370 g/mol. The van der Waals surface area contributed by atoms with Crippen molar-refractivity contribution in [1.29, 1.82) is 0 Å². The van der Waals surface area contributed by atoms with Crippen LogP contribution in [0.5, 0.6) is 11.5 Å². The fraction of sp³-hybridized carbons (Fsp3) is 0.409. The highest BCUT2D eigenvalue weighted by Gasteiger charge is 2.17. The van der Waals surface area contributed by atoms with Gasteiger partial charge < -0.3 is 19.1 Å². The Kier molecular flexibility index (Phi) is 7.58. The normalized spacial score (nSPS) is 14.3. The predicted molar refractivity (Wildman–Crippen MR) is 114 cm³/mol. The number of ether oxygens (including phenoxy) is 3. The summed E-state index contributed by atoms with van der Waals surface area (Å²) >= 11 is 0. The quantitative estimate of drug-likeness (QED) is 0.686. The Morgan fingerprint density at radius 3 is 2.38 bits per heavy atom. The zero-order valence-electron chi connectivity index (χ0n) is 17.1. The summed E-state index contributed by atoms with van der Waals surface area (Å²) in [4.78, 5) is 16.7. The van der Waals surface area contributed by atoms with Gasteiger partial charge in [-0.25, -0.2) is 4.79 Å². The summed E-state index contributed by atoms with van der Waals surface area (Å²) in [7, 11) is 3.25. The summed E-state index contributed by atoms with van der Waals surface area (Å²) in [5.74, 6) is 1.49. The molecule has 1 N–H and O–H groups in total. The molecule has 7 heteroatoms. The van der Waals surface area contributed by atoms with Crippen LogP contribution in [0.2, 0.25) is 0 Å². The van der Waals surface area contributed by atoms with Crippen LogP contribution in [0.3, 0.4) is 0 Å². The number of nitrogens with one attached hydrogen (secondary N) is 1. The van der Waals surface area contributed by atoms with Crippen LogP contribution in [-0.4, -0.2) is 64.5 Å². The molecular formula is C22H29N3O4. The first-order valence-corrected chi connectivity index (χ1v) is 9.88. The Morgan fingerprint density at radius 2 is 1.69 bits per heavy atom. The molecule has 29 heavy (non-hydrogen) atoms. The number of hydrogen-bond acceptors (Lipinski definition) is 6. The van der Waals surface area contributed by atoms with Gasteiger partial charge in [0.15, 0.2) is 0 Å². The lowest BCUT2D eigenvalue weighted by molar-refractivity contribution is 0.151. The van der Waals surface area contributed by atoms with E-state index in [1.54, 1.807) is 26.4 Å². The molecule has 2 aromatic rings. The molecule has 0 bridgehead atoms. The van der Waals surface area contributed by atoms with Crippen LogP contribution in [0, 0.1) is 0 Å². The van der Waals surface area contributed by atoms with Crippen LogP contribution in [0.25, 0.3) is 0 Å². The fourth-order valence-corrected chi connectivity index (χ4v) is 3.37. The number of hydrogen-bond donors (Lipinski definition) is 1. The lowest BCUT2D eigenvalue weighted by Gasteiger charge is -2.36. The van der Waals surface area contributed by atoms with Gasteiger partial charge in [0.25, 0.3) is 0 Å². The van der Waals surface area contributed by atoms with Crippen molar-refractivity contribution >= 4 is 17.5 Å². The number of carbonyl (C=O) groups excluding carboxylic acids is 1. The number of amides is 1. The first-order valence-electron chi connectivity index (χ1n) is 9.88. The van der Waals surface area contributed by atoms with Crippen LogP contribution in [-0.2, 0) is 4.74 Å². The summed E-state index contributed by atoms with van der Waals surface area (Å²) in [5, 5.41) is 2.72. The maximum Gasteiger partial charge on any atom is 0.411 e. The summed E-state index contributed by atoms with van der Waals surface area (Å²) in [5.41, 5.74) is 1.83. The van der Waals surface area contributed by atoms with Crippen molar-refractivity contribution in [3.05, 3.63) is 48.5 Å². The molecule has 7 nitrogen and oxygen atoms in total. The molecule has 1 amide bonds. The minimum absolute atomic E-state index is 0.389. The Bertz CT molecular complexity index is 774. The van der Waals surface area contributed by atoms with Gasteiger partial charge in [-0.15, -0.1) is 0 Å². The molecule has 2 aromatic carbocycles. The molecule has 0 saturated carbocycles. The van der Waals surface area contributed by atoms with E-state index >= 15 is 0 Å². The SMILES string of the molecule is COc1ccc(N2CCN(CCCOC(=O)Nc3ccccc3OC)CC2)cc1. The van der Waals surface area contributed by atoms with Gasteiger partial charge in [0.05, 0.1) is 26.5 Å². The average Bonchev–Trinajstić information content (AvgIpc) is 2.77. The van der Waals surface area contributed by atoms with Crippen molar-refractivity contribution < 1.29 is 19.0 Å². The number of anilines is 2.